The van der Waals surface area contributed by atoms with Crippen LogP contribution in [0.4, 0.5) is 0 Å². The first-order valence-corrected chi connectivity index (χ1v) is 3.70. The Balaban J connectivity index is 4.16. The van der Waals surface area contributed by atoms with E-state index in [-0.39, 0.29) is 6.42 Å². The molecule has 0 saturated carbocycles. The summed E-state index contributed by atoms with van der Waals surface area (Å²) in [6, 6.07) is 0. The molecule has 0 aliphatic rings. The quantitative estimate of drug-likeness (QED) is 0.533. The second-order valence-corrected chi connectivity index (χ2v) is 2.74. The van der Waals surface area contributed by atoms with E-state index in [4.69, 9.17) is 5.11 Å². The van der Waals surface area contributed by atoms with Crippen molar-refractivity contribution in [3.63, 3.8) is 0 Å². The summed E-state index contributed by atoms with van der Waals surface area (Å²) in [5.41, 5.74) is 0. The Bertz CT molecular complexity index is 163. The third kappa shape index (κ3) is 2.46. The van der Waals surface area contributed by atoms with Gasteiger partial charge in [0.2, 0.25) is 0 Å². The summed E-state index contributed by atoms with van der Waals surface area (Å²) < 4.78 is 20.1. The van der Waals surface area contributed by atoms with Crippen LogP contribution in [0.15, 0.2) is 0 Å². The maximum atomic E-state index is 10.0. The predicted molar refractivity (Wildman–Crippen MR) is 32.0 cm³/mol. The smallest absolute Gasteiger partial charge is 0.321 e. The Morgan fingerprint density at radius 3 is 2.11 bits per heavy atom. The average Bonchev–Trinajstić information content (AvgIpc) is 1.64. The van der Waals surface area contributed by atoms with Gasteiger partial charge in [0.05, 0.1) is 0 Å². The molecule has 0 fully saturated rings. The molecule has 0 rings (SSSR count). The third-order valence-electron chi connectivity index (χ3n) is 0.926. The Hall–Kier alpha value is -0.580. The van der Waals surface area contributed by atoms with E-state index < -0.39 is 21.9 Å². The molecule has 5 heteroatoms. The highest BCUT2D eigenvalue weighted by atomic mass is 32.2. The van der Waals surface area contributed by atoms with Crippen molar-refractivity contribution in [2.75, 3.05) is 0 Å². The fraction of sp³-hybridized carbons (Fsp3) is 0.750. The number of carboxylic acids is 1. The Kier molecular flexibility index (Phi) is 3.22. The SMILES string of the molecule is CCC(C(=O)O)[SH](=O)=O. The van der Waals surface area contributed by atoms with E-state index in [1.807, 2.05) is 0 Å². The van der Waals surface area contributed by atoms with Crippen molar-refractivity contribution in [2.24, 2.45) is 0 Å². The highest BCUT2D eigenvalue weighted by molar-refractivity contribution is 7.74. The standard InChI is InChI=1S/C4H8O4S/c1-2-3(4(5)6)9(7)8/h3,9H,2H2,1H3,(H,5,6). The van der Waals surface area contributed by atoms with Crippen molar-refractivity contribution < 1.29 is 18.3 Å². The van der Waals surface area contributed by atoms with Gasteiger partial charge in [0, 0.05) is 0 Å². The van der Waals surface area contributed by atoms with Crippen molar-refractivity contribution in [2.45, 2.75) is 18.6 Å². The molecule has 0 amide bonds. The second-order valence-electron chi connectivity index (χ2n) is 1.55. The lowest BCUT2D eigenvalue weighted by molar-refractivity contribution is -0.136. The van der Waals surface area contributed by atoms with Crippen LogP contribution in [0.25, 0.3) is 0 Å². The van der Waals surface area contributed by atoms with Crippen LogP contribution in [0.1, 0.15) is 13.3 Å². The van der Waals surface area contributed by atoms with Crippen LogP contribution in [0.2, 0.25) is 0 Å². The molecule has 0 radical (unpaired) electrons. The number of carbonyl (C=O) groups is 1. The van der Waals surface area contributed by atoms with Gasteiger partial charge in [-0.1, -0.05) is 6.92 Å². The number of aliphatic carboxylic acids is 1. The van der Waals surface area contributed by atoms with Gasteiger partial charge in [-0.25, -0.2) is 8.42 Å². The summed E-state index contributed by atoms with van der Waals surface area (Å²) in [4.78, 5) is 9.99. The Labute approximate surface area is 54.4 Å². The van der Waals surface area contributed by atoms with E-state index in [1.165, 1.54) is 6.92 Å². The summed E-state index contributed by atoms with van der Waals surface area (Å²) in [7, 11) is -2.80. The van der Waals surface area contributed by atoms with E-state index >= 15 is 0 Å². The van der Waals surface area contributed by atoms with E-state index in [0.717, 1.165) is 0 Å². The molecule has 0 saturated heterocycles. The molecular weight excluding hydrogens is 144 g/mol. The first kappa shape index (κ1) is 8.42. The van der Waals surface area contributed by atoms with Gasteiger partial charge in [-0.15, -0.1) is 0 Å². The van der Waals surface area contributed by atoms with Crippen molar-refractivity contribution >= 4 is 16.7 Å². The molecule has 1 atom stereocenters. The number of carboxylic acid groups (broad SMARTS) is 1. The van der Waals surface area contributed by atoms with Crippen LogP contribution in [0.3, 0.4) is 0 Å². The molecule has 0 aromatic carbocycles. The zero-order valence-corrected chi connectivity index (χ0v) is 5.80. The van der Waals surface area contributed by atoms with Crippen molar-refractivity contribution in [3.8, 4) is 0 Å². The minimum Gasteiger partial charge on any atom is -0.480 e. The fourth-order valence-corrected chi connectivity index (χ4v) is 0.892. The lowest BCUT2D eigenvalue weighted by Crippen LogP contribution is -2.20. The summed E-state index contributed by atoms with van der Waals surface area (Å²) in [5, 5.41) is 6.95. The zero-order valence-electron chi connectivity index (χ0n) is 4.90. The highest BCUT2D eigenvalue weighted by Crippen LogP contribution is 1.94. The molecule has 4 nitrogen and oxygen atoms in total. The molecule has 0 bridgehead atoms. The van der Waals surface area contributed by atoms with Gasteiger partial charge < -0.3 is 5.11 Å². The Morgan fingerprint density at radius 1 is 1.67 bits per heavy atom. The van der Waals surface area contributed by atoms with Crippen LogP contribution in [-0.2, 0) is 15.5 Å². The van der Waals surface area contributed by atoms with E-state index in [2.05, 4.69) is 0 Å². The molecule has 1 N–H and O–H groups in total. The summed E-state index contributed by atoms with van der Waals surface area (Å²) >= 11 is 0. The minimum atomic E-state index is -2.80. The lowest BCUT2D eigenvalue weighted by Gasteiger charge is -1.96. The predicted octanol–water partition coefficient (Wildman–Crippen LogP) is -0.539. The normalized spacial score (nSPS) is 13.6. The third-order valence-corrected chi connectivity index (χ3v) is 2.02. The first-order chi connectivity index (χ1) is 4.09. The van der Waals surface area contributed by atoms with Crippen LogP contribution >= 0.6 is 0 Å². The maximum absolute atomic E-state index is 10.0. The molecule has 1 unspecified atom stereocenters. The lowest BCUT2D eigenvalue weighted by atomic mass is 10.3. The summed E-state index contributed by atoms with van der Waals surface area (Å²) in [5.74, 6) is -1.27. The van der Waals surface area contributed by atoms with Gasteiger partial charge in [0.25, 0.3) is 0 Å². The topological polar surface area (TPSA) is 71.4 Å². The van der Waals surface area contributed by atoms with Crippen LogP contribution in [-0.4, -0.2) is 24.7 Å². The second kappa shape index (κ2) is 3.45. The molecule has 54 valence electrons. The van der Waals surface area contributed by atoms with Gasteiger partial charge in [-0.2, -0.15) is 0 Å². The Morgan fingerprint density at radius 2 is 2.11 bits per heavy atom. The van der Waals surface area contributed by atoms with Crippen molar-refractivity contribution in [3.05, 3.63) is 0 Å². The van der Waals surface area contributed by atoms with Gasteiger partial charge >= 0.3 is 5.97 Å². The molecule has 0 aliphatic heterocycles. The van der Waals surface area contributed by atoms with E-state index in [9.17, 15) is 13.2 Å². The van der Waals surface area contributed by atoms with Crippen LogP contribution in [0.5, 0.6) is 0 Å². The highest BCUT2D eigenvalue weighted by Gasteiger charge is 2.16. The van der Waals surface area contributed by atoms with Gasteiger partial charge in [-0.3, -0.25) is 4.79 Å². The van der Waals surface area contributed by atoms with Gasteiger partial charge in [0.15, 0.2) is 16.0 Å². The average molecular weight is 152 g/mol. The van der Waals surface area contributed by atoms with Crippen LogP contribution in [0, 0.1) is 0 Å². The minimum absolute atomic E-state index is 0.133. The van der Waals surface area contributed by atoms with E-state index in [0.29, 0.717) is 0 Å². The largest absolute Gasteiger partial charge is 0.480 e. The molecule has 0 heterocycles. The number of hydrogen-bond donors (Lipinski definition) is 2. The fourth-order valence-electron chi connectivity index (χ4n) is 0.414. The molecule has 0 aromatic rings. The monoisotopic (exact) mass is 152 g/mol. The molecule has 0 aliphatic carbocycles. The number of hydrogen-bond acceptors (Lipinski definition) is 3. The van der Waals surface area contributed by atoms with Gasteiger partial charge in [0.1, 0.15) is 0 Å². The summed E-state index contributed by atoms with van der Waals surface area (Å²) in [6.07, 6.45) is 0.133. The zero-order chi connectivity index (χ0) is 7.44. The maximum Gasteiger partial charge on any atom is 0.321 e. The number of thiol groups is 1. The molecule has 0 aromatic heterocycles. The van der Waals surface area contributed by atoms with Crippen LogP contribution < -0.4 is 0 Å². The molecule has 9 heavy (non-hydrogen) atoms. The molecule has 0 spiro atoms. The van der Waals surface area contributed by atoms with E-state index in [1.54, 1.807) is 0 Å². The van der Waals surface area contributed by atoms with Crippen molar-refractivity contribution in [1.29, 1.82) is 0 Å². The van der Waals surface area contributed by atoms with Gasteiger partial charge in [-0.05, 0) is 6.42 Å². The number of rotatable bonds is 3. The van der Waals surface area contributed by atoms with Crippen molar-refractivity contribution in [1.82, 2.24) is 0 Å². The summed E-state index contributed by atoms with van der Waals surface area (Å²) in [6.45, 7) is 1.52. The first-order valence-electron chi connectivity index (χ1n) is 2.46. The molecular formula is C4H8O4S.